The van der Waals surface area contributed by atoms with Crippen LogP contribution in [-0.2, 0) is 0 Å². The fourth-order valence-electron chi connectivity index (χ4n) is 0.799. The number of nitrogens with zero attached hydrogens (tertiary/aromatic N) is 2. The highest BCUT2D eigenvalue weighted by molar-refractivity contribution is 14.1. The van der Waals surface area contributed by atoms with E-state index in [4.69, 9.17) is 0 Å². The quantitative estimate of drug-likeness (QED) is 0.515. The third-order valence-electron chi connectivity index (χ3n) is 1.40. The number of allylic oxidation sites excluding steroid dienone is 1. The molecule has 1 heterocycles. The van der Waals surface area contributed by atoms with Crippen molar-refractivity contribution in [3.63, 3.8) is 0 Å². The molecule has 0 unspecified atom stereocenters. The number of rotatable bonds is 1. The van der Waals surface area contributed by atoms with Gasteiger partial charge in [-0.2, -0.15) is 0 Å². The molecule has 0 saturated heterocycles. The van der Waals surface area contributed by atoms with Crippen LogP contribution in [0.15, 0.2) is 24.0 Å². The van der Waals surface area contributed by atoms with Crippen LogP contribution < -0.4 is 0 Å². The molecule has 3 heteroatoms. The van der Waals surface area contributed by atoms with Crippen molar-refractivity contribution in [3.8, 4) is 0 Å². The first-order valence-electron chi connectivity index (χ1n) is 3.18. The standard InChI is InChI=1S/C7H11IN2/c1-9(2)7-3-5-10(8)6-4-7/h3-5H,6H2,1-2H3. The molecule has 2 nitrogen and oxygen atoms in total. The summed E-state index contributed by atoms with van der Waals surface area (Å²) in [6, 6.07) is 0. The van der Waals surface area contributed by atoms with Gasteiger partial charge in [-0.05, 0) is 12.2 Å². The van der Waals surface area contributed by atoms with E-state index in [1.54, 1.807) is 0 Å². The minimum Gasteiger partial charge on any atom is -0.378 e. The lowest BCUT2D eigenvalue weighted by atomic mass is 10.3. The molecule has 0 amide bonds. The predicted octanol–water partition coefficient (Wildman–Crippen LogP) is 1.61. The molecule has 0 bridgehead atoms. The lowest BCUT2D eigenvalue weighted by Crippen LogP contribution is -2.15. The third kappa shape index (κ3) is 1.90. The summed E-state index contributed by atoms with van der Waals surface area (Å²) in [6.45, 7) is 1.00. The van der Waals surface area contributed by atoms with E-state index in [9.17, 15) is 0 Å². The Kier molecular flexibility index (Phi) is 2.59. The van der Waals surface area contributed by atoms with Crippen molar-refractivity contribution in [3.05, 3.63) is 24.0 Å². The Morgan fingerprint density at radius 2 is 2.30 bits per heavy atom. The Morgan fingerprint density at radius 3 is 2.70 bits per heavy atom. The Morgan fingerprint density at radius 1 is 1.60 bits per heavy atom. The van der Waals surface area contributed by atoms with E-state index in [0.717, 1.165) is 6.54 Å². The van der Waals surface area contributed by atoms with Gasteiger partial charge in [0.25, 0.3) is 0 Å². The first-order valence-corrected chi connectivity index (χ1v) is 4.15. The molecule has 1 aliphatic rings. The first-order chi connectivity index (χ1) is 4.70. The third-order valence-corrected chi connectivity index (χ3v) is 2.11. The Balaban J connectivity index is 2.59. The van der Waals surface area contributed by atoms with Crippen molar-refractivity contribution < 1.29 is 0 Å². The summed E-state index contributed by atoms with van der Waals surface area (Å²) in [7, 11) is 4.11. The van der Waals surface area contributed by atoms with Crippen LogP contribution in [0, 0.1) is 0 Å². The second-order valence-electron chi connectivity index (χ2n) is 2.42. The van der Waals surface area contributed by atoms with Crippen LogP contribution in [0.4, 0.5) is 0 Å². The van der Waals surface area contributed by atoms with Crippen LogP contribution in [0.5, 0.6) is 0 Å². The van der Waals surface area contributed by atoms with Crippen molar-refractivity contribution in [2.45, 2.75) is 0 Å². The zero-order valence-electron chi connectivity index (χ0n) is 6.21. The average Bonchev–Trinajstić information content (AvgIpc) is 1.88. The second-order valence-corrected chi connectivity index (χ2v) is 3.66. The summed E-state index contributed by atoms with van der Waals surface area (Å²) in [5.41, 5.74) is 1.29. The van der Waals surface area contributed by atoms with Gasteiger partial charge in [0, 0.05) is 32.5 Å². The van der Waals surface area contributed by atoms with Crippen molar-refractivity contribution in [2.24, 2.45) is 0 Å². The van der Waals surface area contributed by atoms with Crippen molar-refractivity contribution >= 4 is 22.9 Å². The van der Waals surface area contributed by atoms with E-state index in [0.29, 0.717) is 0 Å². The van der Waals surface area contributed by atoms with Gasteiger partial charge in [0.2, 0.25) is 0 Å². The van der Waals surface area contributed by atoms with Gasteiger partial charge < -0.3 is 8.01 Å². The first kappa shape index (κ1) is 7.91. The van der Waals surface area contributed by atoms with Gasteiger partial charge in [0.15, 0.2) is 0 Å². The maximum Gasteiger partial charge on any atom is 0.0589 e. The van der Waals surface area contributed by atoms with E-state index >= 15 is 0 Å². The molecule has 0 N–H and O–H groups in total. The highest BCUT2D eigenvalue weighted by Crippen LogP contribution is 2.11. The van der Waals surface area contributed by atoms with Crippen LogP contribution in [-0.4, -0.2) is 28.7 Å². The van der Waals surface area contributed by atoms with Gasteiger partial charge in [0.1, 0.15) is 0 Å². The van der Waals surface area contributed by atoms with E-state index in [1.165, 1.54) is 5.70 Å². The fraction of sp³-hybridized carbons (Fsp3) is 0.429. The summed E-state index contributed by atoms with van der Waals surface area (Å²) in [6.07, 6.45) is 6.39. The number of halogens is 1. The van der Waals surface area contributed by atoms with E-state index in [1.807, 2.05) is 0 Å². The Labute approximate surface area is 75.7 Å². The van der Waals surface area contributed by atoms with Gasteiger partial charge in [-0.1, -0.05) is 0 Å². The lowest BCUT2D eigenvalue weighted by molar-refractivity contribution is 0.517. The fourth-order valence-corrected chi connectivity index (χ4v) is 1.16. The molecule has 10 heavy (non-hydrogen) atoms. The molecule has 0 atom stereocenters. The monoisotopic (exact) mass is 250 g/mol. The maximum atomic E-state index is 2.27. The minimum absolute atomic E-state index is 1.00. The smallest absolute Gasteiger partial charge is 0.0589 e. The van der Waals surface area contributed by atoms with E-state index in [2.05, 4.69) is 63.3 Å². The SMILES string of the molecule is CN(C)C1=CCN(I)C=C1. The molecule has 0 saturated carbocycles. The zero-order chi connectivity index (χ0) is 7.56. The van der Waals surface area contributed by atoms with Crippen molar-refractivity contribution in [2.75, 3.05) is 20.6 Å². The predicted molar refractivity (Wildman–Crippen MR) is 51.6 cm³/mol. The highest BCUT2D eigenvalue weighted by Gasteiger charge is 2.01. The second kappa shape index (κ2) is 3.27. The van der Waals surface area contributed by atoms with Gasteiger partial charge in [-0.25, -0.2) is 0 Å². The molecular weight excluding hydrogens is 239 g/mol. The van der Waals surface area contributed by atoms with Gasteiger partial charge in [-0.3, -0.25) is 0 Å². The summed E-state index contributed by atoms with van der Waals surface area (Å²) in [5.74, 6) is 0. The topological polar surface area (TPSA) is 6.48 Å². The van der Waals surface area contributed by atoms with Crippen LogP contribution in [0.2, 0.25) is 0 Å². The van der Waals surface area contributed by atoms with Crippen LogP contribution in [0.25, 0.3) is 0 Å². The molecule has 1 aliphatic heterocycles. The van der Waals surface area contributed by atoms with Crippen LogP contribution in [0.1, 0.15) is 0 Å². The molecule has 0 aliphatic carbocycles. The number of hydrogen-bond acceptors (Lipinski definition) is 2. The molecular formula is C7H11IN2. The van der Waals surface area contributed by atoms with Crippen LogP contribution in [0.3, 0.4) is 0 Å². The summed E-state index contributed by atoms with van der Waals surface area (Å²) < 4.78 is 2.12. The van der Waals surface area contributed by atoms with E-state index < -0.39 is 0 Å². The minimum atomic E-state index is 1.00. The molecule has 0 aromatic carbocycles. The summed E-state index contributed by atoms with van der Waals surface area (Å²) >= 11 is 2.27. The zero-order valence-corrected chi connectivity index (χ0v) is 8.37. The molecule has 0 spiro atoms. The molecule has 0 fully saturated rings. The number of hydrogen-bond donors (Lipinski definition) is 0. The summed E-state index contributed by atoms with van der Waals surface area (Å²) in [5, 5.41) is 0. The number of likely N-dealkylation sites (N-methyl/N-ethyl adjacent to an activating group) is 1. The molecule has 0 aromatic rings. The van der Waals surface area contributed by atoms with Crippen LogP contribution >= 0.6 is 22.9 Å². The largest absolute Gasteiger partial charge is 0.378 e. The van der Waals surface area contributed by atoms with Gasteiger partial charge in [0.05, 0.1) is 22.9 Å². The molecule has 1 rings (SSSR count). The van der Waals surface area contributed by atoms with E-state index in [-0.39, 0.29) is 0 Å². The van der Waals surface area contributed by atoms with Gasteiger partial charge in [-0.15, -0.1) is 0 Å². The Hall–Kier alpha value is -0.190. The highest BCUT2D eigenvalue weighted by atomic mass is 127. The van der Waals surface area contributed by atoms with Crippen molar-refractivity contribution in [1.29, 1.82) is 0 Å². The molecule has 0 radical (unpaired) electrons. The average molecular weight is 250 g/mol. The Bertz CT molecular complexity index is 172. The molecule has 0 aromatic heterocycles. The molecule has 56 valence electrons. The van der Waals surface area contributed by atoms with Crippen molar-refractivity contribution in [1.82, 2.24) is 8.01 Å². The lowest BCUT2D eigenvalue weighted by Gasteiger charge is -2.20. The van der Waals surface area contributed by atoms with Gasteiger partial charge >= 0.3 is 0 Å². The summed E-state index contributed by atoms with van der Waals surface area (Å²) in [4.78, 5) is 2.11. The maximum absolute atomic E-state index is 2.27. The normalized spacial score (nSPS) is 17.1.